The monoisotopic (exact) mass is 378 g/mol. The van der Waals surface area contributed by atoms with E-state index in [1.54, 1.807) is 18.2 Å². The van der Waals surface area contributed by atoms with Crippen molar-refractivity contribution in [2.24, 2.45) is 7.05 Å². The van der Waals surface area contributed by atoms with Gasteiger partial charge in [0.1, 0.15) is 24.2 Å². The lowest BCUT2D eigenvalue weighted by molar-refractivity contribution is -0.385. The average molecular weight is 378 g/mol. The normalized spacial score (nSPS) is 10.3. The summed E-state index contributed by atoms with van der Waals surface area (Å²) < 4.78 is 11.4. The number of aromatic nitrogens is 2. The molecular weight excluding hydrogens is 360 g/mol. The number of hydrogen-bond donors (Lipinski definition) is 1. The van der Waals surface area contributed by atoms with Gasteiger partial charge in [-0.1, -0.05) is 0 Å². The predicted octanol–water partition coefficient (Wildman–Crippen LogP) is 1.07. The van der Waals surface area contributed by atoms with Crippen LogP contribution in [-0.2, 0) is 18.4 Å². The van der Waals surface area contributed by atoms with Crippen LogP contribution in [0.3, 0.4) is 0 Å². The number of ether oxygens (including phenoxy) is 2. The first-order valence-electron chi connectivity index (χ1n) is 7.66. The SMILES string of the molecule is COc1cc(CN(CC(=O)O)C(=O)c2nn(C)cc2[N+](=O)[O-])cc(OC)c1. The Bertz CT molecular complexity index is 855. The summed E-state index contributed by atoms with van der Waals surface area (Å²) in [5.41, 5.74) is -0.404. The molecule has 0 bridgehead atoms. The van der Waals surface area contributed by atoms with Crippen molar-refractivity contribution in [2.75, 3.05) is 20.8 Å². The van der Waals surface area contributed by atoms with E-state index in [0.29, 0.717) is 17.1 Å². The summed E-state index contributed by atoms with van der Waals surface area (Å²) in [4.78, 5) is 35.3. The topological polar surface area (TPSA) is 137 Å². The highest BCUT2D eigenvalue weighted by molar-refractivity contribution is 5.97. The predicted molar refractivity (Wildman–Crippen MR) is 91.8 cm³/mol. The Hall–Kier alpha value is -3.63. The zero-order valence-electron chi connectivity index (χ0n) is 14.9. The molecule has 0 aliphatic rings. The molecule has 2 rings (SSSR count). The highest BCUT2D eigenvalue weighted by atomic mass is 16.6. The van der Waals surface area contributed by atoms with Gasteiger partial charge in [-0.25, -0.2) is 0 Å². The van der Waals surface area contributed by atoms with E-state index >= 15 is 0 Å². The molecule has 0 saturated heterocycles. The molecule has 0 unspecified atom stereocenters. The van der Waals surface area contributed by atoms with Gasteiger partial charge in [-0.15, -0.1) is 0 Å². The van der Waals surface area contributed by atoms with Gasteiger partial charge in [0, 0.05) is 19.7 Å². The number of carboxylic acid groups (broad SMARTS) is 1. The van der Waals surface area contributed by atoms with Crippen LogP contribution in [0.25, 0.3) is 0 Å². The molecule has 2 aromatic rings. The Kier molecular flexibility index (Phi) is 5.96. The lowest BCUT2D eigenvalue weighted by atomic mass is 10.1. The molecule has 0 saturated carbocycles. The number of carboxylic acids is 1. The molecule has 0 aliphatic heterocycles. The molecule has 1 N–H and O–H groups in total. The average Bonchev–Trinajstić information content (AvgIpc) is 3.01. The number of methoxy groups -OCH3 is 2. The molecule has 0 atom stereocenters. The molecule has 1 amide bonds. The standard InChI is InChI=1S/C16H18N4O7/c1-18-8-13(20(24)25)15(17-18)16(23)19(9-14(21)22)7-10-4-11(26-2)6-12(5-10)27-3/h4-6,8H,7,9H2,1-3H3,(H,21,22). The fraction of sp³-hybridized carbons (Fsp3) is 0.312. The second-order valence-electron chi connectivity index (χ2n) is 5.57. The van der Waals surface area contributed by atoms with Crippen molar-refractivity contribution >= 4 is 17.6 Å². The number of nitro groups is 1. The Morgan fingerprint density at radius 1 is 1.26 bits per heavy atom. The fourth-order valence-corrected chi connectivity index (χ4v) is 2.45. The van der Waals surface area contributed by atoms with E-state index in [9.17, 15) is 19.7 Å². The lowest BCUT2D eigenvalue weighted by Crippen LogP contribution is -2.35. The van der Waals surface area contributed by atoms with Crippen LogP contribution in [0, 0.1) is 10.1 Å². The maximum atomic E-state index is 12.8. The summed E-state index contributed by atoms with van der Waals surface area (Å²) in [7, 11) is 4.34. The third-order valence-corrected chi connectivity index (χ3v) is 3.61. The maximum Gasteiger partial charge on any atom is 0.323 e. The van der Waals surface area contributed by atoms with Crippen LogP contribution in [0.4, 0.5) is 5.69 Å². The number of benzene rings is 1. The van der Waals surface area contributed by atoms with Crippen molar-refractivity contribution in [1.29, 1.82) is 0 Å². The van der Waals surface area contributed by atoms with Crippen LogP contribution in [0.5, 0.6) is 11.5 Å². The van der Waals surface area contributed by atoms with Gasteiger partial charge in [-0.3, -0.25) is 24.4 Å². The molecule has 0 fully saturated rings. The molecule has 1 aromatic heterocycles. The molecule has 0 spiro atoms. The van der Waals surface area contributed by atoms with Crippen molar-refractivity contribution in [2.45, 2.75) is 6.54 Å². The van der Waals surface area contributed by atoms with E-state index < -0.39 is 34.7 Å². The maximum absolute atomic E-state index is 12.8. The highest BCUT2D eigenvalue weighted by Gasteiger charge is 2.30. The number of carbonyl (C=O) groups is 2. The van der Waals surface area contributed by atoms with Gasteiger partial charge in [-0.05, 0) is 17.7 Å². The van der Waals surface area contributed by atoms with Crippen molar-refractivity contribution < 1.29 is 29.1 Å². The first-order chi connectivity index (χ1) is 12.7. The highest BCUT2D eigenvalue weighted by Crippen LogP contribution is 2.25. The van der Waals surface area contributed by atoms with Crippen molar-refractivity contribution in [1.82, 2.24) is 14.7 Å². The van der Waals surface area contributed by atoms with Crippen LogP contribution in [0.2, 0.25) is 0 Å². The van der Waals surface area contributed by atoms with Crippen molar-refractivity contribution in [3.05, 3.63) is 45.8 Å². The van der Waals surface area contributed by atoms with Gasteiger partial charge >= 0.3 is 11.7 Å². The number of rotatable bonds is 8. The Morgan fingerprint density at radius 3 is 2.33 bits per heavy atom. The summed E-state index contributed by atoms with van der Waals surface area (Å²) in [5.74, 6) is -1.23. The van der Waals surface area contributed by atoms with Crippen LogP contribution >= 0.6 is 0 Å². The van der Waals surface area contributed by atoms with E-state index in [0.717, 1.165) is 15.8 Å². The van der Waals surface area contributed by atoms with E-state index in [2.05, 4.69) is 5.10 Å². The first kappa shape index (κ1) is 19.7. The quantitative estimate of drug-likeness (QED) is 0.532. The second kappa shape index (κ2) is 8.17. The van der Waals surface area contributed by atoms with E-state index in [-0.39, 0.29) is 6.54 Å². The lowest BCUT2D eigenvalue weighted by Gasteiger charge is -2.20. The molecule has 11 nitrogen and oxygen atoms in total. The number of nitrogens with zero attached hydrogens (tertiary/aromatic N) is 4. The minimum Gasteiger partial charge on any atom is -0.497 e. The zero-order valence-corrected chi connectivity index (χ0v) is 14.9. The molecule has 11 heteroatoms. The van der Waals surface area contributed by atoms with Gasteiger partial charge in [0.15, 0.2) is 0 Å². The summed E-state index contributed by atoms with van der Waals surface area (Å²) in [6, 6.07) is 4.84. The summed E-state index contributed by atoms with van der Waals surface area (Å²) in [6.45, 7) is -0.793. The second-order valence-corrected chi connectivity index (χ2v) is 5.57. The van der Waals surface area contributed by atoms with E-state index in [4.69, 9.17) is 14.6 Å². The summed E-state index contributed by atoms with van der Waals surface area (Å²) >= 11 is 0. The minimum atomic E-state index is -1.27. The number of aryl methyl sites for hydroxylation is 1. The zero-order chi connectivity index (χ0) is 20.1. The van der Waals surface area contributed by atoms with Crippen molar-refractivity contribution in [3.63, 3.8) is 0 Å². The molecule has 1 heterocycles. The number of amides is 1. The van der Waals surface area contributed by atoms with Gasteiger partial charge in [0.25, 0.3) is 5.91 Å². The summed E-state index contributed by atoms with van der Waals surface area (Å²) in [5, 5.41) is 24.1. The Labute approximate surface area is 153 Å². The largest absolute Gasteiger partial charge is 0.497 e. The Morgan fingerprint density at radius 2 is 1.85 bits per heavy atom. The molecule has 144 valence electrons. The third-order valence-electron chi connectivity index (χ3n) is 3.61. The van der Waals surface area contributed by atoms with Gasteiger partial charge in [0.2, 0.25) is 5.69 Å². The minimum absolute atomic E-state index is 0.133. The van der Waals surface area contributed by atoms with Crippen LogP contribution < -0.4 is 9.47 Å². The molecule has 27 heavy (non-hydrogen) atoms. The Balaban J connectivity index is 2.40. The molecular formula is C16H18N4O7. The molecule has 1 aromatic carbocycles. The summed E-state index contributed by atoms with van der Waals surface area (Å²) in [6.07, 6.45) is 1.08. The number of hydrogen-bond acceptors (Lipinski definition) is 7. The smallest absolute Gasteiger partial charge is 0.323 e. The van der Waals surface area contributed by atoms with Gasteiger partial charge in [0.05, 0.1) is 19.1 Å². The van der Waals surface area contributed by atoms with Crippen LogP contribution in [0.1, 0.15) is 16.1 Å². The third kappa shape index (κ3) is 4.71. The first-order valence-corrected chi connectivity index (χ1v) is 7.66. The van der Waals surface area contributed by atoms with Crippen LogP contribution in [0.15, 0.2) is 24.4 Å². The van der Waals surface area contributed by atoms with E-state index in [1.165, 1.54) is 21.3 Å². The number of aliphatic carboxylic acids is 1. The van der Waals surface area contributed by atoms with E-state index in [1.807, 2.05) is 0 Å². The van der Waals surface area contributed by atoms with Crippen molar-refractivity contribution in [3.8, 4) is 11.5 Å². The molecule has 0 aliphatic carbocycles. The fourth-order valence-electron chi connectivity index (χ4n) is 2.45. The number of carbonyl (C=O) groups excluding carboxylic acids is 1. The van der Waals surface area contributed by atoms with Gasteiger partial charge in [-0.2, -0.15) is 5.10 Å². The van der Waals surface area contributed by atoms with Gasteiger partial charge < -0.3 is 19.5 Å². The van der Waals surface area contributed by atoms with Crippen LogP contribution in [-0.4, -0.2) is 57.4 Å². The molecule has 0 radical (unpaired) electrons.